The maximum absolute atomic E-state index is 13.8. The lowest BCUT2D eigenvalue weighted by Gasteiger charge is -2.26. The molecule has 3 rings (SSSR count). The van der Waals surface area contributed by atoms with Crippen LogP contribution in [-0.2, 0) is 9.59 Å². The van der Waals surface area contributed by atoms with Crippen LogP contribution in [0.5, 0.6) is 0 Å². The molecular weight excluding hydrogens is 377 g/mol. The van der Waals surface area contributed by atoms with Gasteiger partial charge in [0.15, 0.2) is 5.70 Å². The van der Waals surface area contributed by atoms with E-state index in [9.17, 15) is 14.0 Å². The van der Waals surface area contributed by atoms with Crippen molar-refractivity contribution in [2.45, 2.75) is 12.3 Å². The third-order valence-electron chi connectivity index (χ3n) is 4.40. The van der Waals surface area contributed by atoms with Crippen molar-refractivity contribution in [3.8, 4) is 0 Å². The summed E-state index contributed by atoms with van der Waals surface area (Å²) < 4.78 is 15.3. The fraction of sp³-hybridized carbons (Fsp3) is 0.190. The van der Waals surface area contributed by atoms with Gasteiger partial charge in [-0.15, -0.1) is 11.8 Å². The zero-order valence-corrected chi connectivity index (χ0v) is 16.5. The van der Waals surface area contributed by atoms with E-state index < -0.39 is 11.3 Å². The SMILES string of the molecule is C=[N+](C)/C(C)=C(\C(=O)Nc1ccccc1)N1C(=O)CSC1c1cccc(F)c1. The quantitative estimate of drug-likeness (QED) is 0.476. The molecule has 7 heteroatoms. The van der Waals surface area contributed by atoms with Crippen LogP contribution >= 0.6 is 11.8 Å². The van der Waals surface area contributed by atoms with Crippen molar-refractivity contribution in [3.05, 3.63) is 77.4 Å². The van der Waals surface area contributed by atoms with Crippen LogP contribution in [0.4, 0.5) is 10.1 Å². The number of carbonyl (C=O) groups excluding carboxylic acids is 2. The van der Waals surface area contributed by atoms with E-state index in [4.69, 9.17) is 0 Å². The van der Waals surface area contributed by atoms with Gasteiger partial charge < -0.3 is 5.32 Å². The molecule has 2 aromatic rings. The zero-order valence-electron chi connectivity index (χ0n) is 15.7. The second-order valence-electron chi connectivity index (χ2n) is 6.43. The van der Waals surface area contributed by atoms with Crippen LogP contribution in [0, 0.1) is 5.82 Å². The van der Waals surface area contributed by atoms with Crippen LogP contribution in [0.15, 0.2) is 66.0 Å². The van der Waals surface area contributed by atoms with Gasteiger partial charge in [-0.1, -0.05) is 30.3 Å². The van der Waals surface area contributed by atoms with Crippen molar-refractivity contribution in [2.75, 3.05) is 18.1 Å². The molecule has 5 nitrogen and oxygen atoms in total. The predicted octanol–water partition coefficient (Wildman–Crippen LogP) is 3.61. The van der Waals surface area contributed by atoms with E-state index in [1.54, 1.807) is 42.8 Å². The standard InChI is InChI=1S/C21H20FN3O2S/c1-14(24(2)3)19(20(27)23-17-10-5-4-6-11-17)25-18(26)13-28-21(25)15-8-7-9-16(22)12-15/h4-12,21H,2,13H2,1,3H3/p+1/b19-14+. The van der Waals surface area contributed by atoms with Gasteiger partial charge in [-0.2, -0.15) is 0 Å². The van der Waals surface area contributed by atoms with Crippen LogP contribution in [0.3, 0.4) is 0 Å². The largest absolute Gasteiger partial charge is 0.321 e. The van der Waals surface area contributed by atoms with E-state index in [-0.39, 0.29) is 23.2 Å². The Balaban J connectivity index is 2.03. The summed E-state index contributed by atoms with van der Waals surface area (Å²) in [5.74, 6) is -0.810. The summed E-state index contributed by atoms with van der Waals surface area (Å²) in [5, 5.41) is 2.34. The predicted molar refractivity (Wildman–Crippen MR) is 110 cm³/mol. The second kappa shape index (κ2) is 8.39. The Kier molecular flexibility index (Phi) is 5.94. The summed E-state index contributed by atoms with van der Waals surface area (Å²) in [5.41, 5.74) is 1.97. The van der Waals surface area contributed by atoms with Gasteiger partial charge in [-0.25, -0.2) is 8.97 Å². The summed E-state index contributed by atoms with van der Waals surface area (Å²) >= 11 is 1.36. The molecule has 0 radical (unpaired) electrons. The molecule has 28 heavy (non-hydrogen) atoms. The van der Waals surface area contributed by atoms with Gasteiger partial charge in [0.1, 0.15) is 25.0 Å². The van der Waals surface area contributed by atoms with Gasteiger partial charge in [0.05, 0.1) is 5.75 Å². The molecule has 1 atom stereocenters. The molecule has 1 heterocycles. The van der Waals surface area contributed by atoms with Crippen molar-refractivity contribution in [3.63, 3.8) is 0 Å². The fourth-order valence-corrected chi connectivity index (χ4v) is 4.06. The third-order valence-corrected chi connectivity index (χ3v) is 5.62. The molecule has 0 aliphatic carbocycles. The lowest BCUT2D eigenvalue weighted by Crippen LogP contribution is -2.36. The molecular formula is C21H21FN3O2S+. The van der Waals surface area contributed by atoms with E-state index in [2.05, 4.69) is 12.0 Å². The van der Waals surface area contributed by atoms with Gasteiger partial charge in [0.2, 0.25) is 11.6 Å². The first-order valence-electron chi connectivity index (χ1n) is 8.69. The summed E-state index contributed by atoms with van der Waals surface area (Å²) in [6.07, 6.45) is 0. The molecule has 0 spiro atoms. The Morgan fingerprint density at radius 2 is 1.96 bits per heavy atom. The highest BCUT2D eigenvalue weighted by molar-refractivity contribution is 8.00. The van der Waals surface area contributed by atoms with Crippen molar-refractivity contribution in [1.29, 1.82) is 0 Å². The van der Waals surface area contributed by atoms with E-state index in [0.717, 1.165) is 0 Å². The van der Waals surface area contributed by atoms with E-state index in [1.807, 2.05) is 18.2 Å². The maximum atomic E-state index is 13.8. The van der Waals surface area contributed by atoms with Gasteiger partial charge in [0, 0.05) is 12.6 Å². The number of benzene rings is 2. The molecule has 1 N–H and O–H groups in total. The Hall–Kier alpha value is -2.93. The second-order valence-corrected chi connectivity index (χ2v) is 7.50. The molecule has 0 saturated carbocycles. The maximum Gasteiger partial charge on any atom is 0.278 e. The van der Waals surface area contributed by atoms with Crippen LogP contribution in [-0.4, -0.2) is 40.8 Å². The lowest BCUT2D eigenvalue weighted by molar-refractivity contribution is -0.435. The average molecular weight is 398 g/mol. The lowest BCUT2D eigenvalue weighted by atomic mass is 10.1. The Morgan fingerprint density at radius 3 is 2.61 bits per heavy atom. The van der Waals surface area contributed by atoms with Crippen LogP contribution in [0.1, 0.15) is 17.9 Å². The fourth-order valence-electron chi connectivity index (χ4n) is 2.91. The molecule has 0 aromatic heterocycles. The van der Waals surface area contributed by atoms with Crippen molar-refractivity contribution in [1.82, 2.24) is 4.90 Å². The van der Waals surface area contributed by atoms with Crippen molar-refractivity contribution >= 4 is 36.0 Å². The molecule has 1 fully saturated rings. The van der Waals surface area contributed by atoms with E-state index in [0.29, 0.717) is 16.9 Å². The minimum absolute atomic E-state index is 0.200. The number of para-hydroxylation sites is 1. The highest BCUT2D eigenvalue weighted by atomic mass is 32.2. The molecule has 144 valence electrons. The van der Waals surface area contributed by atoms with Crippen LogP contribution in [0.2, 0.25) is 0 Å². The van der Waals surface area contributed by atoms with E-state index in [1.165, 1.54) is 28.8 Å². The number of nitrogens with zero attached hydrogens (tertiary/aromatic N) is 2. The summed E-state index contributed by atoms with van der Waals surface area (Å²) in [6, 6.07) is 15.1. The van der Waals surface area contributed by atoms with Gasteiger partial charge >= 0.3 is 0 Å². The normalized spacial score (nSPS) is 17.3. The molecule has 2 aromatic carbocycles. The highest BCUT2D eigenvalue weighted by Crippen LogP contribution is 2.42. The number of halogens is 1. The number of nitrogens with one attached hydrogen (secondary N) is 1. The summed E-state index contributed by atoms with van der Waals surface area (Å²) in [7, 11) is 1.70. The summed E-state index contributed by atoms with van der Waals surface area (Å²) in [4.78, 5) is 27.3. The number of rotatable bonds is 5. The Labute approximate surface area is 167 Å². The molecule has 2 amide bonds. The van der Waals surface area contributed by atoms with Crippen LogP contribution < -0.4 is 5.32 Å². The molecule has 1 aliphatic heterocycles. The monoisotopic (exact) mass is 398 g/mol. The zero-order chi connectivity index (χ0) is 20.3. The third kappa shape index (κ3) is 4.14. The molecule has 1 unspecified atom stereocenters. The number of thioether (sulfide) groups is 1. The number of hydrogen-bond donors (Lipinski definition) is 1. The molecule has 0 bridgehead atoms. The first kappa shape index (κ1) is 19.8. The summed E-state index contributed by atoms with van der Waals surface area (Å²) in [6.45, 7) is 5.58. The van der Waals surface area contributed by atoms with Crippen LogP contribution in [0.25, 0.3) is 0 Å². The first-order chi connectivity index (χ1) is 13.4. The highest BCUT2D eigenvalue weighted by Gasteiger charge is 2.40. The Morgan fingerprint density at radius 1 is 1.25 bits per heavy atom. The average Bonchev–Trinajstić information content (AvgIpc) is 3.04. The van der Waals surface area contributed by atoms with Gasteiger partial charge in [-0.3, -0.25) is 14.5 Å². The number of hydrogen-bond acceptors (Lipinski definition) is 3. The minimum Gasteiger partial charge on any atom is -0.321 e. The molecule has 1 aliphatic rings. The van der Waals surface area contributed by atoms with E-state index >= 15 is 0 Å². The smallest absolute Gasteiger partial charge is 0.278 e. The Bertz CT molecular complexity index is 959. The molecule has 1 saturated heterocycles. The first-order valence-corrected chi connectivity index (χ1v) is 9.74. The minimum atomic E-state index is -0.491. The number of amides is 2. The number of allylic oxidation sites excluding steroid dienone is 1. The van der Waals surface area contributed by atoms with Gasteiger partial charge in [0.25, 0.3) is 5.91 Å². The van der Waals surface area contributed by atoms with Crippen molar-refractivity contribution in [2.24, 2.45) is 0 Å². The number of carbonyl (C=O) groups is 2. The number of anilines is 1. The van der Waals surface area contributed by atoms with Gasteiger partial charge in [-0.05, 0) is 29.8 Å². The van der Waals surface area contributed by atoms with Crippen molar-refractivity contribution < 1.29 is 18.6 Å². The topological polar surface area (TPSA) is 52.4 Å².